The van der Waals surface area contributed by atoms with E-state index in [0.717, 1.165) is 13.1 Å². The second-order valence-corrected chi connectivity index (χ2v) is 3.71. The van der Waals surface area contributed by atoms with E-state index in [2.05, 4.69) is 10.4 Å². The van der Waals surface area contributed by atoms with E-state index in [4.69, 9.17) is 0 Å². The number of nitrogens with one attached hydrogen (secondary N) is 1. The molecule has 1 N–H and O–H groups in total. The first-order valence-corrected chi connectivity index (χ1v) is 5.48. The number of carbonyl (C=O) groups excluding carboxylic acids is 1. The van der Waals surface area contributed by atoms with Crippen LogP contribution in [0.15, 0.2) is 12.2 Å². The molecular weight excluding hydrogens is 176 g/mol. The second-order valence-electron chi connectivity index (χ2n) is 3.71. The van der Waals surface area contributed by atoms with Crippen LogP contribution in [0.5, 0.6) is 0 Å². The Kier molecular flexibility index (Phi) is 5.30. The molecule has 1 amide bonds. The van der Waals surface area contributed by atoms with Gasteiger partial charge in [0.05, 0.1) is 0 Å². The minimum Gasteiger partial charge on any atom is -0.289 e. The molecule has 0 spiro atoms. The monoisotopic (exact) mass is 196 g/mol. The molecule has 80 valence electrons. The van der Waals surface area contributed by atoms with Gasteiger partial charge in [-0.1, -0.05) is 25.0 Å². The highest BCUT2D eigenvalue weighted by molar-refractivity contribution is 5.76. The normalized spacial score (nSPS) is 19.5. The zero-order valence-corrected chi connectivity index (χ0v) is 8.96. The van der Waals surface area contributed by atoms with Crippen LogP contribution in [0.1, 0.15) is 39.0 Å². The Morgan fingerprint density at radius 3 is 2.50 bits per heavy atom. The zero-order valence-electron chi connectivity index (χ0n) is 8.96. The Bertz CT molecular complexity index is 193. The lowest BCUT2D eigenvalue weighted by Crippen LogP contribution is -2.42. The maximum absolute atomic E-state index is 11.4. The molecule has 0 saturated carbocycles. The van der Waals surface area contributed by atoms with Crippen molar-refractivity contribution < 1.29 is 4.79 Å². The number of allylic oxidation sites excluding steroid dienone is 1. The van der Waals surface area contributed by atoms with Gasteiger partial charge in [0, 0.05) is 19.5 Å². The molecule has 3 nitrogen and oxygen atoms in total. The van der Waals surface area contributed by atoms with Crippen LogP contribution in [-0.2, 0) is 4.79 Å². The van der Waals surface area contributed by atoms with Gasteiger partial charge in [0.15, 0.2) is 0 Å². The molecule has 0 atom stereocenters. The van der Waals surface area contributed by atoms with Crippen molar-refractivity contribution in [2.24, 2.45) is 0 Å². The van der Waals surface area contributed by atoms with Crippen LogP contribution in [0.3, 0.4) is 0 Å². The maximum atomic E-state index is 11.4. The van der Waals surface area contributed by atoms with E-state index in [0.29, 0.717) is 6.42 Å². The predicted octanol–water partition coefficient (Wildman–Crippen LogP) is 1.86. The van der Waals surface area contributed by atoms with Crippen molar-refractivity contribution in [1.29, 1.82) is 0 Å². The van der Waals surface area contributed by atoms with Crippen molar-refractivity contribution in [1.82, 2.24) is 10.4 Å². The van der Waals surface area contributed by atoms with Crippen LogP contribution < -0.4 is 5.43 Å². The fourth-order valence-electron chi connectivity index (χ4n) is 1.63. The van der Waals surface area contributed by atoms with Crippen molar-refractivity contribution in [3.8, 4) is 0 Å². The van der Waals surface area contributed by atoms with Crippen LogP contribution >= 0.6 is 0 Å². The van der Waals surface area contributed by atoms with E-state index in [1.54, 1.807) is 0 Å². The van der Waals surface area contributed by atoms with E-state index in [9.17, 15) is 4.79 Å². The summed E-state index contributed by atoms with van der Waals surface area (Å²) in [6.45, 7) is 3.93. The van der Waals surface area contributed by atoms with E-state index in [1.807, 2.05) is 19.1 Å². The molecule has 0 aliphatic carbocycles. The summed E-state index contributed by atoms with van der Waals surface area (Å²) in [5, 5.41) is 2.05. The number of amides is 1. The third-order valence-electron chi connectivity index (χ3n) is 2.43. The van der Waals surface area contributed by atoms with Gasteiger partial charge >= 0.3 is 0 Å². The first-order valence-electron chi connectivity index (χ1n) is 5.48. The molecule has 1 heterocycles. The van der Waals surface area contributed by atoms with Gasteiger partial charge in [0.25, 0.3) is 0 Å². The summed E-state index contributed by atoms with van der Waals surface area (Å²) in [6.07, 6.45) is 9.26. The van der Waals surface area contributed by atoms with Crippen LogP contribution in [0, 0.1) is 0 Å². The van der Waals surface area contributed by atoms with Gasteiger partial charge < -0.3 is 0 Å². The number of hydrogen-bond donors (Lipinski definition) is 1. The SMILES string of the molecule is C/C=C\CC(=O)NN1CCCCCC1. The molecule has 0 radical (unpaired) electrons. The van der Waals surface area contributed by atoms with Gasteiger partial charge in [-0.2, -0.15) is 0 Å². The Hall–Kier alpha value is -0.830. The largest absolute Gasteiger partial charge is 0.289 e. The minimum atomic E-state index is 0.102. The molecule has 0 aromatic carbocycles. The molecule has 1 fully saturated rings. The Balaban J connectivity index is 2.23. The molecule has 1 saturated heterocycles. The minimum absolute atomic E-state index is 0.102. The summed E-state index contributed by atoms with van der Waals surface area (Å²) in [7, 11) is 0. The van der Waals surface area contributed by atoms with E-state index in [-0.39, 0.29) is 5.91 Å². The number of hydrogen-bond acceptors (Lipinski definition) is 2. The first kappa shape index (κ1) is 11.2. The van der Waals surface area contributed by atoms with Crippen molar-refractivity contribution in [2.45, 2.75) is 39.0 Å². The molecule has 1 aliphatic heterocycles. The average Bonchev–Trinajstić information content (AvgIpc) is 2.43. The summed E-state index contributed by atoms with van der Waals surface area (Å²) in [4.78, 5) is 11.4. The topological polar surface area (TPSA) is 32.3 Å². The van der Waals surface area contributed by atoms with Gasteiger partial charge in [-0.15, -0.1) is 0 Å². The molecule has 3 heteroatoms. The van der Waals surface area contributed by atoms with Gasteiger partial charge in [0.2, 0.25) is 5.91 Å². The predicted molar refractivity (Wildman–Crippen MR) is 57.6 cm³/mol. The van der Waals surface area contributed by atoms with E-state index in [1.165, 1.54) is 25.7 Å². The third kappa shape index (κ3) is 4.42. The Morgan fingerprint density at radius 1 is 1.29 bits per heavy atom. The molecule has 14 heavy (non-hydrogen) atoms. The summed E-state index contributed by atoms with van der Waals surface area (Å²) in [6, 6.07) is 0. The highest BCUT2D eigenvalue weighted by Crippen LogP contribution is 2.07. The molecule has 0 aromatic rings. The lowest BCUT2D eigenvalue weighted by atomic mass is 10.2. The maximum Gasteiger partial charge on any atom is 0.238 e. The third-order valence-corrected chi connectivity index (χ3v) is 2.43. The lowest BCUT2D eigenvalue weighted by molar-refractivity contribution is -0.125. The van der Waals surface area contributed by atoms with E-state index < -0.39 is 0 Å². The summed E-state index contributed by atoms with van der Waals surface area (Å²) in [5.41, 5.74) is 2.94. The molecule has 0 bridgehead atoms. The number of nitrogens with zero attached hydrogens (tertiary/aromatic N) is 1. The fraction of sp³-hybridized carbons (Fsp3) is 0.727. The van der Waals surface area contributed by atoms with Gasteiger partial charge in [-0.25, -0.2) is 5.01 Å². The van der Waals surface area contributed by atoms with Crippen LogP contribution in [0.2, 0.25) is 0 Å². The highest BCUT2D eigenvalue weighted by Gasteiger charge is 2.10. The average molecular weight is 196 g/mol. The van der Waals surface area contributed by atoms with Crippen LogP contribution in [-0.4, -0.2) is 24.0 Å². The van der Waals surface area contributed by atoms with Crippen molar-refractivity contribution in [2.75, 3.05) is 13.1 Å². The van der Waals surface area contributed by atoms with Gasteiger partial charge in [-0.05, 0) is 19.8 Å². The quantitative estimate of drug-likeness (QED) is 0.699. The summed E-state index contributed by atoms with van der Waals surface area (Å²) >= 11 is 0. The van der Waals surface area contributed by atoms with E-state index >= 15 is 0 Å². The first-order chi connectivity index (χ1) is 6.83. The number of carbonyl (C=O) groups is 1. The van der Waals surface area contributed by atoms with Crippen LogP contribution in [0.4, 0.5) is 0 Å². The lowest BCUT2D eigenvalue weighted by Gasteiger charge is -2.20. The fourth-order valence-corrected chi connectivity index (χ4v) is 1.63. The van der Waals surface area contributed by atoms with Crippen molar-refractivity contribution >= 4 is 5.91 Å². The van der Waals surface area contributed by atoms with Crippen molar-refractivity contribution in [3.05, 3.63) is 12.2 Å². The standard InChI is InChI=1S/C11H20N2O/c1-2-3-8-11(14)12-13-9-6-4-5-7-10-13/h2-3H,4-10H2,1H3,(H,12,14)/b3-2-. The molecule has 0 aromatic heterocycles. The molecule has 0 unspecified atom stereocenters. The number of rotatable bonds is 3. The second kappa shape index (κ2) is 6.60. The van der Waals surface area contributed by atoms with Crippen LogP contribution in [0.25, 0.3) is 0 Å². The summed E-state index contributed by atoms with van der Waals surface area (Å²) in [5.74, 6) is 0.102. The van der Waals surface area contributed by atoms with Gasteiger partial charge in [0.1, 0.15) is 0 Å². The highest BCUT2D eigenvalue weighted by atomic mass is 16.2. The summed E-state index contributed by atoms with van der Waals surface area (Å²) < 4.78 is 0. The Morgan fingerprint density at radius 2 is 1.93 bits per heavy atom. The zero-order chi connectivity index (χ0) is 10.2. The van der Waals surface area contributed by atoms with Gasteiger partial charge in [-0.3, -0.25) is 10.2 Å². The molecule has 1 rings (SSSR count). The van der Waals surface area contributed by atoms with Crippen molar-refractivity contribution in [3.63, 3.8) is 0 Å². The number of hydrazine groups is 1. The Labute approximate surface area is 86.1 Å². The molecular formula is C11H20N2O. The molecule has 1 aliphatic rings. The smallest absolute Gasteiger partial charge is 0.238 e.